The summed E-state index contributed by atoms with van der Waals surface area (Å²) in [6.45, 7) is 2.67. The highest BCUT2D eigenvalue weighted by Crippen LogP contribution is 2.22. The lowest BCUT2D eigenvalue weighted by molar-refractivity contribution is 0.341. The zero-order valence-corrected chi connectivity index (χ0v) is 8.16. The molecule has 72 valence electrons. The van der Waals surface area contributed by atoms with Crippen molar-refractivity contribution < 1.29 is 4.74 Å². The molecule has 0 bridgehead atoms. The molecule has 14 heavy (non-hydrogen) atoms. The average molecular weight is 187 g/mol. The Morgan fingerprint density at radius 2 is 1.79 bits per heavy atom. The Morgan fingerprint density at radius 3 is 2.57 bits per heavy atom. The normalized spacial score (nSPS) is 10.4. The van der Waals surface area contributed by atoms with Crippen LogP contribution in [0.2, 0.25) is 0 Å². The van der Waals surface area contributed by atoms with Crippen molar-refractivity contribution in [1.29, 1.82) is 0 Å². The molecule has 0 spiro atoms. The van der Waals surface area contributed by atoms with Crippen LogP contribution in [-0.4, -0.2) is 6.61 Å². The summed E-state index contributed by atoms with van der Waals surface area (Å²) < 4.78 is 5.41. The molecule has 2 rings (SSSR count). The Hall–Kier alpha value is -1.70. The van der Waals surface area contributed by atoms with Crippen LogP contribution in [-0.2, 0) is 0 Å². The van der Waals surface area contributed by atoms with Crippen molar-refractivity contribution >= 4 is 16.5 Å². The van der Waals surface area contributed by atoms with Gasteiger partial charge in [-0.1, -0.05) is 12.1 Å². The first kappa shape index (κ1) is 8.88. The number of hydrogen-bond donors (Lipinski definition) is 1. The molecule has 0 aliphatic carbocycles. The highest BCUT2D eigenvalue weighted by molar-refractivity contribution is 5.86. The van der Waals surface area contributed by atoms with Crippen LogP contribution in [0.1, 0.15) is 6.92 Å². The SMILES string of the molecule is CCOc1ccc2cc(N)ccc2c1. The Labute approximate surface area is 83.3 Å². The Morgan fingerprint density at radius 1 is 1.07 bits per heavy atom. The predicted molar refractivity (Wildman–Crippen MR) is 59.5 cm³/mol. The first-order valence-corrected chi connectivity index (χ1v) is 4.71. The van der Waals surface area contributed by atoms with E-state index < -0.39 is 0 Å². The molecular formula is C12H13NO. The number of nitrogens with two attached hydrogens (primary N) is 1. The van der Waals surface area contributed by atoms with Gasteiger partial charge in [-0.2, -0.15) is 0 Å². The van der Waals surface area contributed by atoms with Crippen molar-refractivity contribution in [2.24, 2.45) is 0 Å². The van der Waals surface area contributed by atoms with E-state index in [1.54, 1.807) is 0 Å². The molecule has 2 heteroatoms. The van der Waals surface area contributed by atoms with Crippen LogP contribution in [0.5, 0.6) is 5.75 Å². The van der Waals surface area contributed by atoms with Crippen LogP contribution in [0.25, 0.3) is 10.8 Å². The number of nitrogen functional groups attached to an aromatic ring is 1. The van der Waals surface area contributed by atoms with E-state index in [-0.39, 0.29) is 0 Å². The Bertz CT molecular complexity index is 451. The van der Waals surface area contributed by atoms with Crippen molar-refractivity contribution in [3.63, 3.8) is 0 Å². The lowest BCUT2D eigenvalue weighted by atomic mass is 10.1. The zero-order valence-electron chi connectivity index (χ0n) is 8.16. The smallest absolute Gasteiger partial charge is 0.119 e. The van der Waals surface area contributed by atoms with E-state index in [1.807, 2.05) is 43.3 Å². The second kappa shape index (κ2) is 3.58. The maximum absolute atomic E-state index is 5.69. The van der Waals surface area contributed by atoms with Gasteiger partial charge in [0.15, 0.2) is 0 Å². The Kier molecular flexibility index (Phi) is 2.27. The minimum absolute atomic E-state index is 0.695. The van der Waals surface area contributed by atoms with Crippen LogP contribution < -0.4 is 10.5 Å². The fraction of sp³-hybridized carbons (Fsp3) is 0.167. The van der Waals surface area contributed by atoms with Crippen LogP contribution >= 0.6 is 0 Å². The van der Waals surface area contributed by atoms with Crippen molar-refractivity contribution in [3.05, 3.63) is 36.4 Å². The molecule has 0 aromatic heterocycles. The molecule has 0 saturated heterocycles. The van der Waals surface area contributed by atoms with Gasteiger partial charge in [0.1, 0.15) is 5.75 Å². The summed E-state index contributed by atoms with van der Waals surface area (Å²) >= 11 is 0. The van der Waals surface area contributed by atoms with Crippen molar-refractivity contribution in [1.82, 2.24) is 0 Å². The standard InChI is InChI=1S/C12H13NO/c1-2-14-12-6-4-9-7-11(13)5-3-10(9)8-12/h3-8H,2,13H2,1H3. The summed E-state index contributed by atoms with van der Waals surface area (Å²) in [5.41, 5.74) is 6.48. The van der Waals surface area contributed by atoms with Gasteiger partial charge in [0.25, 0.3) is 0 Å². The topological polar surface area (TPSA) is 35.2 Å². The molecule has 0 aliphatic heterocycles. The van der Waals surface area contributed by atoms with Gasteiger partial charge in [0.05, 0.1) is 6.61 Å². The van der Waals surface area contributed by atoms with Crippen molar-refractivity contribution in [3.8, 4) is 5.75 Å². The van der Waals surface area contributed by atoms with Gasteiger partial charge in [-0.25, -0.2) is 0 Å². The Balaban J connectivity index is 2.50. The highest BCUT2D eigenvalue weighted by Gasteiger charge is 1.96. The minimum atomic E-state index is 0.695. The highest BCUT2D eigenvalue weighted by atomic mass is 16.5. The molecule has 2 nitrogen and oxygen atoms in total. The maximum atomic E-state index is 5.69. The molecule has 2 aromatic rings. The molecule has 2 aromatic carbocycles. The lowest BCUT2D eigenvalue weighted by Crippen LogP contribution is -1.91. The van der Waals surface area contributed by atoms with Gasteiger partial charge < -0.3 is 10.5 Å². The van der Waals surface area contributed by atoms with Gasteiger partial charge in [-0.15, -0.1) is 0 Å². The maximum Gasteiger partial charge on any atom is 0.119 e. The van der Waals surface area contributed by atoms with E-state index in [9.17, 15) is 0 Å². The quantitative estimate of drug-likeness (QED) is 0.734. The monoisotopic (exact) mass is 187 g/mol. The van der Waals surface area contributed by atoms with Gasteiger partial charge in [-0.3, -0.25) is 0 Å². The molecule has 2 N–H and O–H groups in total. The van der Waals surface area contributed by atoms with Crippen molar-refractivity contribution in [2.75, 3.05) is 12.3 Å². The van der Waals surface area contributed by atoms with Crippen LogP contribution in [0.15, 0.2) is 36.4 Å². The van der Waals surface area contributed by atoms with E-state index in [4.69, 9.17) is 10.5 Å². The third-order valence-electron chi connectivity index (χ3n) is 2.15. The second-order valence-electron chi connectivity index (χ2n) is 3.20. The summed E-state index contributed by atoms with van der Waals surface area (Å²) in [4.78, 5) is 0. The van der Waals surface area contributed by atoms with Gasteiger partial charge in [0.2, 0.25) is 0 Å². The number of anilines is 1. The lowest BCUT2D eigenvalue weighted by Gasteiger charge is -2.04. The molecule has 0 unspecified atom stereocenters. The van der Waals surface area contributed by atoms with Gasteiger partial charge in [0, 0.05) is 5.69 Å². The van der Waals surface area contributed by atoms with Crippen LogP contribution in [0, 0.1) is 0 Å². The van der Waals surface area contributed by atoms with Gasteiger partial charge in [-0.05, 0) is 42.0 Å². The summed E-state index contributed by atoms with van der Waals surface area (Å²) in [7, 11) is 0. The molecule has 0 amide bonds. The molecule has 0 fully saturated rings. The fourth-order valence-corrected chi connectivity index (χ4v) is 1.50. The molecule has 0 atom stereocenters. The van der Waals surface area contributed by atoms with E-state index in [1.165, 1.54) is 0 Å². The van der Waals surface area contributed by atoms with Crippen molar-refractivity contribution in [2.45, 2.75) is 6.92 Å². The average Bonchev–Trinajstić information content (AvgIpc) is 2.19. The third kappa shape index (κ3) is 1.64. The first-order chi connectivity index (χ1) is 6.79. The third-order valence-corrected chi connectivity index (χ3v) is 2.15. The molecule has 0 heterocycles. The molecular weight excluding hydrogens is 174 g/mol. The number of hydrogen-bond acceptors (Lipinski definition) is 2. The molecule has 0 saturated carbocycles. The molecule has 0 radical (unpaired) electrons. The number of ether oxygens (including phenoxy) is 1. The zero-order chi connectivity index (χ0) is 9.97. The van der Waals surface area contributed by atoms with Gasteiger partial charge >= 0.3 is 0 Å². The first-order valence-electron chi connectivity index (χ1n) is 4.71. The number of rotatable bonds is 2. The number of benzene rings is 2. The van der Waals surface area contributed by atoms with Crippen LogP contribution in [0.4, 0.5) is 5.69 Å². The largest absolute Gasteiger partial charge is 0.494 e. The summed E-state index contributed by atoms with van der Waals surface area (Å²) in [6, 6.07) is 11.9. The summed E-state index contributed by atoms with van der Waals surface area (Å²) in [5.74, 6) is 0.907. The number of fused-ring (bicyclic) bond motifs is 1. The van der Waals surface area contributed by atoms with E-state index in [0.717, 1.165) is 22.2 Å². The van der Waals surface area contributed by atoms with Crippen LogP contribution in [0.3, 0.4) is 0 Å². The molecule has 0 aliphatic rings. The van der Waals surface area contributed by atoms with E-state index in [0.29, 0.717) is 6.61 Å². The minimum Gasteiger partial charge on any atom is -0.494 e. The fourth-order valence-electron chi connectivity index (χ4n) is 1.50. The van der Waals surface area contributed by atoms with E-state index in [2.05, 4.69) is 0 Å². The van der Waals surface area contributed by atoms with E-state index >= 15 is 0 Å². The second-order valence-corrected chi connectivity index (χ2v) is 3.20. The predicted octanol–water partition coefficient (Wildman–Crippen LogP) is 2.82. The summed E-state index contributed by atoms with van der Waals surface area (Å²) in [6.07, 6.45) is 0. The summed E-state index contributed by atoms with van der Waals surface area (Å²) in [5, 5.41) is 2.30.